The summed E-state index contributed by atoms with van der Waals surface area (Å²) in [4.78, 5) is 0. The van der Waals surface area contributed by atoms with Gasteiger partial charge in [-0.3, -0.25) is 0 Å². The van der Waals surface area contributed by atoms with E-state index in [-0.39, 0.29) is 0 Å². The van der Waals surface area contributed by atoms with Gasteiger partial charge < -0.3 is 0 Å². The number of hydrogen-bond donors (Lipinski definition) is 0. The van der Waals surface area contributed by atoms with Crippen LogP contribution >= 0.6 is 0 Å². The first-order valence-corrected chi connectivity index (χ1v) is 8.62. The molecule has 0 aliphatic heterocycles. The molecule has 0 amide bonds. The fourth-order valence-electron chi connectivity index (χ4n) is 2.79. The second kappa shape index (κ2) is 15.1. The van der Waals surface area contributed by atoms with Crippen LogP contribution in [0.15, 0.2) is 0 Å². The highest BCUT2D eigenvalue weighted by molar-refractivity contribution is 4.67. The Kier molecular flexibility index (Phi) is 15.1. The van der Waals surface area contributed by atoms with Crippen LogP contribution in [0.25, 0.3) is 0 Å². The first kappa shape index (κ1) is 18.0. The quantitative estimate of drug-likeness (QED) is 0.294. The van der Waals surface area contributed by atoms with Crippen LogP contribution in [0.2, 0.25) is 0 Å². The van der Waals surface area contributed by atoms with Crippen molar-refractivity contribution in [2.45, 2.75) is 104 Å². The van der Waals surface area contributed by atoms with Crippen molar-refractivity contribution >= 4 is 0 Å². The van der Waals surface area contributed by atoms with Crippen LogP contribution in [0.5, 0.6) is 0 Å². The van der Waals surface area contributed by atoms with E-state index < -0.39 is 0 Å². The van der Waals surface area contributed by atoms with E-state index in [1.54, 1.807) is 0 Å². The van der Waals surface area contributed by atoms with E-state index in [4.69, 9.17) is 0 Å². The summed E-state index contributed by atoms with van der Waals surface area (Å²) in [5, 5.41) is 0. The predicted octanol–water partition coefficient (Wildman–Crippen LogP) is 6.94. The molecule has 109 valence electrons. The van der Waals surface area contributed by atoms with Gasteiger partial charge in [-0.25, -0.2) is 0 Å². The normalized spacial score (nSPS) is 12.8. The van der Waals surface area contributed by atoms with Crippen molar-refractivity contribution in [3.8, 4) is 0 Å². The highest BCUT2D eigenvalue weighted by atomic mass is 14.1. The minimum atomic E-state index is 0.984. The molecular formula is C18H37. The summed E-state index contributed by atoms with van der Waals surface area (Å²) >= 11 is 0. The number of unbranched alkanes of at least 4 members (excludes halogenated alkanes) is 8. The highest BCUT2D eigenvalue weighted by Gasteiger charge is 2.07. The third-order valence-corrected chi connectivity index (χ3v) is 4.00. The third-order valence-electron chi connectivity index (χ3n) is 4.00. The lowest BCUT2D eigenvalue weighted by atomic mass is 9.91. The van der Waals surface area contributed by atoms with Crippen LogP contribution < -0.4 is 0 Å². The van der Waals surface area contributed by atoms with E-state index in [1.165, 1.54) is 83.5 Å². The molecule has 1 radical (unpaired) electrons. The Morgan fingerprint density at radius 3 is 1.61 bits per heavy atom. The zero-order chi connectivity index (χ0) is 13.5. The van der Waals surface area contributed by atoms with Gasteiger partial charge >= 0.3 is 0 Å². The van der Waals surface area contributed by atoms with E-state index in [0.717, 1.165) is 5.92 Å². The van der Waals surface area contributed by atoms with Crippen LogP contribution in [0.1, 0.15) is 104 Å². The lowest BCUT2D eigenvalue weighted by molar-refractivity contribution is 0.400. The van der Waals surface area contributed by atoms with Gasteiger partial charge in [0, 0.05) is 0 Å². The predicted molar refractivity (Wildman–Crippen MR) is 84.8 cm³/mol. The molecule has 0 aliphatic rings. The van der Waals surface area contributed by atoms with Crippen LogP contribution in [-0.2, 0) is 0 Å². The maximum atomic E-state index is 2.38. The maximum Gasteiger partial charge on any atom is -0.0412 e. The van der Waals surface area contributed by atoms with Gasteiger partial charge in [0.25, 0.3) is 0 Å². The average Bonchev–Trinajstić information content (AvgIpc) is 2.38. The molecule has 0 heteroatoms. The molecule has 0 saturated carbocycles. The maximum absolute atomic E-state index is 2.38. The van der Waals surface area contributed by atoms with Gasteiger partial charge in [0.2, 0.25) is 0 Å². The Morgan fingerprint density at radius 1 is 0.667 bits per heavy atom. The summed E-state index contributed by atoms with van der Waals surface area (Å²) in [5.41, 5.74) is 0. The molecule has 0 aliphatic carbocycles. The van der Waals surface area contributed by atoms with Gasteiger partial charge in [-0.05, 0) is 18.8 Å². The average molecular weight is 253 g/mol. The zero-order valence-electron chi connectivity index (χ0n) is 13.3. The summed E-state index contributed by atoms with van der Waals surface area (Å²) in [6.45, 7) is 6.82. The minimum absolute atomic E-state index is 0.984. The molecule has 0 heterocycles. The number of rotatable bonds is 14. The third kappa shape index (κ3) is 12.5. The van der Waals surface area contributed by atoms with Crippen molar-refractivity contribution < 1.29 is 0 Å². The first-order valence-electron chi connectivity index (χ1n) is 8.62. The summed E-state index contributed by atoms with van der Waals surface area (Å²) in [5.74, 6) is 0.984. The van der Waals surface area contributed by atoms with Gasteiger partial charge in [-0.1, -0.05) is 97.8 Å². The van der Waals surface area contributed by atoms with E-state index in [0.29, 0.717) is 0 Å². The SMILES string of the molecule is C[CH]CC(CCCCCC)CCCCCCCC. The van der Waals surface area contributed by atoms with Gasteiger partial charge in [-0.15, -0.1) is 0 Å². The molecule has 0 N–H and O–H groups in total. The van der Waals surface area contributed by atoms with Gasteiger partial charge in [-0.2, -0.15) is 0 Å². The topological polar surface area (TPSA) is 0 Å². The van der Waals surface area contributed by atoms with E-state index in [9.17, 15) is 0 Å². The lowest BCUT2D eigenvalue weighted by Gasteiger charge is -2.15. The summed E-state index contributed by atoms with van der Waals surface area (Å²) in [7, 11) is 0. The molecule has 0 spiro atoms. The second-order valence-electron chi connectivity index (χ2n) is 5.92. The van der Waals surface area contributed by atoms with Gasteiger partial charge in [0.05, 0.1) is 0 Å². The second-order valence-corrected chi connectivity index (χ2v) is 5.92. The molecule has 0 fully saturated rings. The molecule has 18 heavy (non-hydrogen) atoms. The fraction of sp³-hybridized carbons (Fsp3) is 0.944. The van der Waals surface area contributed by atoms with Crippen LogP contribution in [0.3, 0.4) is 0 Å². The Hall–Kier alpha value is 0. The van der Waals surface area contributed by atoms with Crippen LogP contribution in [0.4, 0.5) is 0 Å². The van der Waals surface area contributed by atoms with Gasteiger partial charge in [0.15, 0.2) is 0 Å². The lowest BCUT2D eigenvalue weighted by Crippen LogP contribution is -2.01. The zero-order valence-corrected chi connectivity index (χ0v) is 13.3. The summed E-state index contributed by atoms with van der Waals surface area (Å²) in [6.07, 6.45) is 21.0. The molecule has 0 bridgehead atoms. The molecule has 0 nitrogen and oxygen atoms in total. The van der Waals surface area contributed by atoms with E-state index >= 15 is 0 Å². The van der Waals surface area contributed by atoms with Crippen molar-refractivity contribution in [3.05, 3.63) is 6.42 Å². The fourth-order valence-corrected chi connectivity index (χ4v) is 2.79. The van der Waals surface area contributed by atoms with Crippen molar-refractivity contribution in [1.29, 1.82) is 0 Å². The Balaban J connectivity index is 3.44. The van der Waals surface area contributed by atoms with Crippen molar-refractivity contribution in [2.75, 3.05) is 0 Å². The highest BCUT2D eigenvalue weighted by Crippen LogP contribution is 2.22. The molecule has 1 atom stereocenters. The molecule has 0 aromatic carbocycles. The Labute approximate surface area is 117 Å². The minimum Gasteiger partial charge on any atom is -0.0654 e. The van der Waals surface area contributed by atoms with Crippen molar-refractivity contribution in [2.24, 2.45) is 5.92 Å². The molecule has 0 aromatic rings. The summed E-state index contributed by atoms with van der Waals surface area (Å²) in [6, 6.07) is 0. The number of hydrogen-bond acceptors (Lipinski definition) is 0. The monoisotopic (exact) mass is 253 g/mol. The molecule has 0 rings (SSSR count). The standard InChI is InChI=1S/C18H37/c1-4-7-9-11-12-14-17-18(15-6-3)16-13-10-8-5-2/h6,18H,4-5,7-17H2,1-3H3. The van der Waals surface area contributed by atoms with Crippen LogP contribution in [0, 0.1) is 12.3 Å². The molecule has 1 unspecified atom stereocenters. The molecule has 0 aromatic heterocycles. The smallest absolute Gasteiger partial charge is 0.0412 e. The van der Waals surface area contributed by atoms with Crippen LogP contribution in [-0.4, -0.2) is 0 Å². The van der Waals surface area contributed by atoms with Gasteiger partial charge in [0.1, 0.15) is 0 Å². The van der Waals surface area contributed by atoms with Crippen molar-refractivity contribution in [1.82, 2.24) is 0 Å². The van der Waals surface area contributed by atoms with E-state index in [1.807, 2.05) is 0 Å². The Bertz CT molecular complexity index is 139. The molecule has 0 saturated heterocycles. The first-order chi connectivity index (χ1) is 8.85. The molecular weight excluding hydrogens is 216 g/mol. The Morgan fingerprint density at radius 2 is 1.11 bits per heavy atom. The summed E-state index contributed by atoms with van der Waals surface area (Å²) < 4.78 is 0. The largest absolute Gasteiger partial charge is 0.0654 e. The van der Waals surface area contributed by atoms with Crippen molar-refractivity contribution in [3.63, 3.8) is 0 Å². The van der Waals surface area contributed by atoms with E-state index in [2.05, 4.69) is 27.2 Å².